The third-order valence-corrected chi connectivity index (χ3v) is 5.27. The van der Waals surface area contributed by atoms with E-state index in [1.54, 1.807) is 19.4 Å². The second kappa shape index (κ2) is 8.87. The van der Waals surface area contributed by atoms with E-state index >= 15 is 0 Å². The summed E-state index contributed by atoms with van der Waals surface area (Å²) < 4.78 is 10.9. The molecule has 1 fully saturated rings. The number of hydrogen-bond donors (Lipinski definition) is 2. The molecule has 0 aliphatic carbocycles. The standard InChI is InChI=1S/C22H24N4O3/c1-28-20-7-3-2-6-17(20)18-13-19(26-25-18)22(27)24-21(15-8-11-29-12-9-15)16-5-4-10-23-14-16/h2-7,10,13-15,21H,8-9,11-12H2,1H3,(H,24,27)(H,25,26)/t21-/m0/s1. The number of methoxy groups -OCH3 is 1. The Labute approximate surface area is 169 Å². The van der Waals surface area contributed by atoms with Crippen LogP contribution in [0.2, 0.25) is 0 Å². The Bertz CT molecular complexity index is 951. The van der Waals surface area contributed by atoms with Gasteiger partial charge in [0.15, 0.2) is 0 Å². The molecule has 1 aliphatic heterocycles. The van der Waals surface area contributed by atoms with Crippen molar-refractivity contribution in [3.8, 4) is 17.0 Å². The Morgan fingerprint density at radius 3 is 2.83 bits per heavy atom. The van der Waals surface area contributed by atoms with Crippen LogP contribution in [-0.2, 0) is 4.74 Å². The smallest absolute Gasteiger partial charge is 0.269 e. The van der Waals surface area contributed by atoms with E-state index in [4.69, 9.17) is 9.47 Å². The average Bonchev–Trinajstić information content (AvgIpc) is 3.29. The summed E-state index contributed by atoms with van der Waals surface area (Å²) in [4.78, 5) is 17.2. The van der Waals surface area contributed by atoms with Crippen LogP contribution in [-0.4, -0.2) is 41.4 Å². The fraction of sp³-hybridized carbons (Fsp3) is 0.318. The minimum absolute atomic E-state index is 0.127. The van der Waals surface area contributed by atoms with Crippen LogP contribution in [0.15, 0.2) is 54.9 Å². The molecule has 1 atom stereocenters. The minimum atomic E-state index is -0.195. The van der Waals surface area contributed by atoms with E-state index in [1.807, 2.05) is 42.6 Å². The van der Waals surface area contributed by atoms with Crippen molar-refractivity contribution < 1.29 is 14.3 Å². The molecule has 4 rings (SSSR count). The van der Waals surface area contributed by atoms with Gasteiger partial charge in [-0.1, -0.05) is 18.2 Å². The van der Waals surface area contributed by atoms with Crippen LogP contribution >= 0.6 is 0 Å². The number of aromatic nitrogens is 3. The first-order valence-electron chi connectivity index (χ1n) is 9.73. The summed E-state index contributed by atoms with van der Waals surface area (Å²) >= 11 is 0. The molecule has 1 aliphatic rings. The van der Waals surface area contributed by atoms with Gasteiger partial charge in [-0.3, -0.25) is 14.9 Å². The van der Waals surface area contributed by atoms with Crippen LogP contribution in [0.25, 0.3) is 11.3 Å². The Morgan fingerprint density at radius 1 is 1.24 bits per heavy atom. The van der Waals surface area contributed by atoms with E-state index in [9.17, 15) is 4.79 Å². The van der Waals surface area contributed by atoms with Crippen LogP contribution in [0.5, 0.6) is 5.75 Å². The van der Waals surface area contributed by atoms with Crippen molar-refractivity contribution in [3.63, 3.8) is 0 Å². The van der Waals surface area contributed by atoms with E-state index in [1.165, 1.54) is 0 Å². The van der Waals surface area contributed by atoms with Crippen molar-refractivity contribution in [1.29, 1.82) is 0 Å². The van der Waals surface area contributed by atoms with Crippen molar-refractivity contribution in [3.05, 3.63) is 66.1 Å². The number of aromatic amines is 1. The first-order valence-corrected chi connectivity index (χ1v) is 9.73. The van der Waals surface area contributed by atoms with Gasteiger partial charge < -0.3 is 14.8 Å². The quantitative estimate of drug-likeness (QED) is 0.671. The van der Waals surface area contributed by atoms with Crippen LogP contribution in [0.3, 0.4) is 0 Å². The van der Waals surface area contributed by atoms with Gasteiger partial charge in [-0.2, -0.15) is 5.10 Å². The van der Waals surface area contributed by atoms with Crippen LogP contribution in [0, 0.1) is 5.92 Å². The van der Waals surface area contributed by atoms with Crippen LogP contribution in [0.4, 0.5) is 0 Å². The number of para-hydroxylation sites is 1. The number of benzene rings is 1. The van der Waals surface area contributed by atoms with E-state index < -0.39 is 0 Å². The van der Waals surface area contributed by atoms with Gasteiger partial charge in [-0.15, -0.1) is 0 Å². The Hall–Kier alpha value is -3.19. The van der Waals surface area contributed by atoms with Crippen LogP contribution < -0.4 is 10.1 Å². The van der Waals surface area contributed by atoms with Gasteiger partial charge in [-0.25, -0.2) is 0 Å². The normalized spacial score (nSPS) is 15.6. The summed E-state index contributed by atoms with van der Waals surface area (Å²) in [6.45, 7) is 1.42. The molecule has 0 unspecified atom stereocenters. The number of rotatable bonds is 6. The number of amides is 1. The van der Waals surface area contributed by atoms with Crippen molar-refractivity contribution in [2.45, 2.75) is 18.9 Å². The molecule has 2 N–H and O–H groups in total. The topological polar surface area (TPSA) is 89.1 Å². The maximum absolute atomic E-state index is 13.0. The lowest BCUT2D eigenvalue weighted by Gasteiger charge is -2.31. The molecule has 0 bridgehead atoms. The van der Waals surface area contributed by atoms with Crippen LogP contribution in [0.1, 0.15) is 34.9 Å². The van der Waals surface area contributed by atoms with E-state index in [0.29, 0.717) is 36.3 Å². The largest absolute Gasteiger partial charge is 0.496 e. The molecule has 150 valence electrons. The highest BCUT2D eigenvalue weighted by atomic mass is 16.5. The first kappa shape index (κ1) is 19.1. The summed E-state index contributed by atoms with van der Waals surface area (Å²) in [5, 5.41) is 10.3. The third-order valence-electron chi connectivity index (χ3n) is 5.27. The molecule has 7 heteroatoms. The van der Waals surface area contributed by atoms with E-state index in [-0.39, 0.29) is 11.9 Å². The number of nitrogens with zero attached hydrogens (tertiary/aromatic N) is 2. The Kier molecular flexibility index (Phi) is 5.86. The second-order valence-electron chi connectivity index (χ2n) is 7.05. The van der Waals surface area contributed by atoms with Gasteiger partial charge in [0.1, 0.15) is 11.4 Å². The number of hydrogen-bond acceptors (Lipinski definition) is 5. The fourth-order valence-corrected chi connectivity index (χ4v) is 3.73. The molecule has 0 spiro atoms. The summed E-state index contributed by atoms with van der Waals surface area (Å²) in [7, 11) is 1.62. The number of nitrogens with one attached hydrogen (secondary N) is 2. The number of ether oxygens (including phenoxy) is 2. The van der Waals surface area contributed by atoms with E-state index in [2.05, 4.69) is 20.5 Å². The molecule has 2 aromatic heterocycles. The molecule has 1 aromatic carbocycles. The van der Waals surface area contributed by atoms with Crippen molar-refractivity contribution in [2.24, 2.45) is 5.92 Å². The number of carbonyl (C=O) groups excluding carboxylic acids is 1. The molecule has 1 amide bonds. The summed E-state index contributed by atoms with van der Waals surface area (Å²) in [6, 6.07) is 13.1. The SMILES string of the molecule is COc1ccccc1-c1cc(C(=O)N[C@H](c2cccnc2)C2CCOCC2)[nH]n1. The molecular weight excluding hydrogens is 368 g/mol. The predicted molar refractivity (Wildman–Crippen MR) is 109 cm³/mol. The van der Waals surface area contributed by atoms with E-state index in [0.717, 1.165) is 24.0 Å². The van der Waals surface area contributed by atoms with Gasteiger partial charge in [0, 0.05) is 31.2 Å². The fourth-order valence-electron chi connectivity index (χ4n) is 3.73. The minimum Gasteiger partial charge on any atom is -0.496 e. The van der Waals surface area contributed by atoms with Crippen molar-refractivity contribution in [2.75, 3.05) is 20.3 Å². The highest BCUT2D eigenvalue weighted by molar-refractivity contribution is 5.93. The van der Waals surface area contributed by atoms with Crippen molar-refractivity contribution in [1.82, 2.24) is 20.5 Å². The van der Waals surface area contributed by atoms with Gasteiger partial charge in [0.25, 0.3) is 5.91 Å². The molecule has 1 saturated heterocycles. The van der Waals surface area contributed by atoms with Crippen molar-refractivity contribution >= 4 is 5.91 Å². The first-order chi connectivity index (χ1) is 14.3. The number of pyridine rings is 1. The van der Waals surface area contributed by atoms with Gasteiger partial charge in [0.2, 0.25) is 0 Å². The van der Waals surface area contributed by atoms with Gasteiger partial charge in [0.05, 0.1) is 18.8 Å². The Balaban J connectivity index is 1.56. The monoisotopic (exact) mass is 392 g/mol. The molecule has 3 aromatic rings. The molecule has 0 radical (unpaired) electrons. The molecule has 29 heavy (non-hydrogen) atoms. The lowest BCUT2D eigenvalue weighted by atomic mass is 9.87. The Morgan fingerprint density at radius 2 is 2.07 bits per heavy atom. The van der Waals surface area contributed by atoms with Gasteiger partial charge in [-0.05, 0) is 48.6 Å². The average molecular weight is 392 g/mol. The maximum Gasteiger partial charge on any atom is 0.269 e. The number of carbonyl (C=O) groups is 1. The zero-order chi connectivity index (χ0) is 20.1. The highest BCUT2D eigenvalue weighted by Crippen LogP contribution is 2.31. The predicted octanol–water partition coefficient (Wildman–Crippen LogP) is 3.38. The summed E-state index contributed by atoms with van der Waals surface area (Å²) in [5.41, 5.74) is 2.90. The third kappa shape index (κ3) is 4.30. The lowest BCUT2D eigenvalue weighted by molar-refractivity contribution is 0.0513. The highest BCUT2D eigenvalue weighted by Gasteiger charge is 2.28. The molecule has 3 heterocycles. The lowest BCUT2D eigenvalue weighted by Crippen LogP contribution is -2.36. The zero-order valence-electron chi connectivity index (χ0n) is 16.3. The second-order valence-corrected chi connectivity index (χ2v) is 7.05. The summed E-state index contributed by atoms with van der Waals surface area (Å²) in [6.07, 6.45) is 5.35. The van der Waals surface area contributed by atoms with Gasteiger partial charge >= 0.3 is 0 Å². The molecule has 7 nitrogen and oxygen atoms in total. The molecular formula is C22H24N4O3. The number of H-pyrrole nitrogens is 1. The summed E-state index contributed by atoms with van der Waals surface area (Å²) in [5.74, 6) is 0.814. The maximum atomic E-state index is 13.0. The molecule has 0 saturated carbocycles. The zero-order valence-corrected chi connectivity index (χ0v) is 16.3.